The lowest BCUT2D eigenvalue weighted by Gasteiger charge is -2.31. The number of hydrogen-bond donors (Lipinski definition) is 2. The largest absolute Gasteiger partial charge is 0.379 e. The summed E-state index contributed by atoms with van der Waals surface area (Å²) < 4.78 is 5.41. The zero-order chi connectivity index (χ0) is 16.5. The van der Waals surface area contributed by atoms with Gasteiger partial charge in [0, 0.05) is 44.5 Å². The summed E-state index contributed by atoms with van der Waals surface area (Å²) in [4.78, 5) is 6.90. The van der Waals surface area contributed by atoms with Crippen molar-refractivity contribution in [2.75, 3.05) is 52.7 Å². The third-order valence-corrected chi connectivity index (χ3v) is 5.91. The van der Waals surface area contributed by atoms with Gasteiger partial charge in [-0.3, -0.25) is 9.89 Å². The van der Waals surface area contributed by atoms with Crippen LogP contribution in [0.5, 0.6) is 0 Å². The molecule has 1 saturated heterocycles. The molecule has 2 aliphatic rings. The second kappa shape index (κ2) is 12.6. The van der Waals surface area contributed by atoms with E-state index in [-0.39, 0.29) is 24.0 Å². The number of rotatable bonds is 6. The van der Waals surface area contributed by atoms with Crippen LogP contribution >= 0.6 is 35.7 Å². The first kappa shape index (κ1) is 22.3. The SMILES string of the molecule is CN=C(NCC(C)CN1CCOCC1)NC1CCCC(SC)C1.I. The zero-order valence-corrected chi connectivity index (χ0v) is 18.6. The number of guanidine groups is 1. The van der Waals surface area contributed by atoms with Gasteiger partial charge in [0.05, 0.1) is 13.2 Å². The number of halogens is 1. The Bertz CT molecular complexity index is 366. The standard InChI is InChI=1S/C17H34N4OS.HI/c1-14(13-21-7-9-22-10-8-21)12-19-17(18-2)20-15-5-4-6-16(11-15)23-3;/h14-16H,4-13H2,1-3H3,(H2,18,19,20);1H. The van der Waals surface area contributed by atoms with E-state index in [0.717, 1.165) is 50.6 Å². The van der Waals surface area contributed by atoms with Crippen LogP contribution in [0, 0.1) is 5.92 Å². The first-order valence-electron chi connectivity index (χ1n) is 9.01. The van der Waals surface area contributed by atoms with Crippen molar-refractivity contribution in [1.82, 2.24) is 15.5 Å². The highest BCUT2D eigenvalue weighted by atomic mass is 127. The predicted molar refractivity (Wildman–Crippen MR) is 116 cm³/mol. The van der Waals surface area contributed by atoms with E-state index in [2.05, 4.69) is 33.7 Å². The lowest BCUT2D eigenvalue weighted by atomic mass is 9.95. The van der Waals surface area contributed by atoms with Crippen molar-refractivity contribution < 1.29 is 4.74 Å². The van der Waals surface area contributed by atoms with E-state index in [9.17, 15) is 0 Å². The minimum Gasteiger partial charge on any atom is -0.379 e. The molecule has 5 nitrogen and oxygen atoms in total. The second-order valence-electron chi connectivity index (χ2n) is 6.84. The van der Waals surface area contributed by atoms with E-state index < -0.39 is 0 Å². The van der Waals surface area contributed by atoms with E-state index >= 15 is 0 Å². The molecule has 1 saturated carbocycles. The van der Waals surface area contributed by atoms with Gasteiger partial charge in [0.2, 0.25) is 0 Å². The fourth-order valence-corrected chi connectivity index (χ4v) is 4.27. The Morgan fingerprint density at radius 2 is 2.08 bits per heavy atom. The van der Waals surface area contributed by atoms with Gasteiger partial charge >= 0.3 is 0 Å². The molecule has 0 amide bonds. The lowest BCUT2D eigenvalue weighted by molar-refractivity contribution is 0.0320. The van der Waals surface area contributed by atoms with Crippen molar-refractivity contribution in [3.8, 4) is 0 Å². The summed E-state index contributed by atoms with van der Waals surface area (Å²) in [6.07, 6.45) is 7.44. The molecule has 0 aromatic rings. The molecule has 2 rings (SSSR count). The van der Waals surface area contributed by atoms with Crippen LogP contribution in [0.25, 0.3) is 0 Å². The summed E-state index contributed by atoms with van der Waals surface area (Å²) >= 11 is 2.01. The van der Waals surface area contributed by atoms with Gasteiger partial charge in [-0.25, -0.2) is 0 Å². The molecule has 1 aliphatic carbocycles. The molecule has 1 heterocycles. The maximum Gasteiger partial charge on any atom is 0.191 e. The predicted octanol–water partition coefficient (Wildman–Crippen LogP) is 2.41. The fourth-order valence-electron chi connectivity index (χ4n) is 3.44. The van der Waals surface area contributed by atoms with E-state index in [1.807, 2.05) is 18.8 Å². The Kier molecular flexibility index (Phi) is 11.7. The van der Waals surface area contributed by atoms with Crippen molar-refractivity contribution in [3.05, 3.63) is 0 Å². The monoisotopic (exact) mass is 470 g/mol. The van der Waals surface area contributed by atoms with Gasteiger partial charge in [-0.2, -0.15) is 11.8 Å². The van der Waals surface area contributed by atoms with Crippen LogP contribution < -0.4 is 10.6 Å². The second-order valence-corrected chi connectivity index (χ2v) is 7.97. The van der Waals surface area contributed by atoms with Crippen molar-refractivity contribution in [1.29, 1.82) is 0 Å². The van der Waals surface area contributed by atoms with Gasteiger partial charge < -0.3 is 15.4 Å². The molecule has 24 heavy (non-hydrogen) atoms. The molecule has 1 aliphatic heterocycles. The van der Waals surface area contributed by atoms with Crippen LogP contribution in [0.4, 0.5) is 0 Å². The molecule has 2 N–H and O–H groups in total. The van der Waals surface area contributed by atoms with Crippen molar-refractivity contribution >= 4 is 41.7 Å². The summed E-state index contributed by atoms with van der Waals surface area (Å²) in [7, 11) is 1.87. The van der Waals surface area contributed by atoms with Crippen LogP contribution in [0.15, 0.2) is 4.99 Å². The molecule has 0 bridgehead atoms. The number of ether oxygens (including phenoxy) is 1. The number of thioether (sulfide) groups is 1. The van der Waals surface area contributed by atoms with Gasteiger partial charge in [0.25, 0.3) is 0 Å². The topological polar surface area (TPSA) is 48.9 Å². The Morgan fingerprint density at radius 3 is 2.75 bits per heavy atom. The summed E-state index contributed by atoms with van der Waals surface area (Å²) in [6, 6.07) is 0.571. The van der Waals surface area contributed by atoms with Crippen LogP contribution in [-0.4, -0.2) is 74.8 Å². The minimum absolute atomic E-state index is 0. The van der Waals surface area contributed by atoms with Crippen LogP contribution in [0.3, 0.4) is 0 Å². The summed E-state index contributed by atoms with van der Waals surface area (Å²) in [5.41, 5.74) is 0. The molecule has 0 radical (unpaired) electrons. The van der Waals surface area contributed by atoms with Crippen LogP contribution in [-0.2, 0) is 4.74 Å². The van der Waals surface area contributed by atoms with Gasteiger partial charge in [-0.05, 0) is 31.4 Å². The lowest BCUT2D eigenvalue weighted by Crippen LogP contribution is -2.48. The molecule has 3 atom stereocenters. The average molecular weight is 470 g/mol. The molecule has 7 heteroatoms. The number of hydrogen-bond acceptors (Lipinski definition) is 4. The maximum absolute atomic E-state index is 5.41. The quantitative estimate of drug-likeness (QED) is 0.355. The third kappa shape index (κ3) is 8.10. The molecule has 0 aromatic heterocycles. The Balaban J connectivity index is 0.00000288. The maximum atomic E-state index is 5.41. The fraction of sp³-hybridized carbons (Fsp3) is 0.941. The first-order valence-corrected chi connectivity index (χ1v) is 10.3. The molecule has 142 valence electrons. The van der Waals surface area contributed by atoms with Crippen LogP contribution in [0.1, 0.15) is 32.6 Å². The van der Waals surface area contributed by atoms with E-state index in [0.29, 0.717) is 12.0 Å². The minimum atomic E-state index is 0. The Morgan fingerprint density at radius 1 is 1.33 bits per heavy atom. The molecular formula is C17H35IN4OS. The smallest absolute Gasteiger partial charge is 0.191 e. The van der Waals surface area contributed by atoms with E-state index in [4.69, 9.17) is 4.74 Å². The highest BCUT2D eigenvalue weighted by Gasteiger charge is 2.22. The zero-order valence-electron chi connectivity index (χ0n) is 15.4. The number of nitrogens with zero attached hydrogens (tertiary/aromatic N) is 2. The molecule has 2 fully saturated rings. The Labute approximate surface area is 169 Å². The highest BCUT2D eigenvalue weighted by Crippen LogP contribution is 2.26. The number of morpholine rings is 1. The normalized spacial score (nSPS) is 27.2. The highest BCUT2D eigenvalue weighted by molar-refractivity contribution is 14.0. The molecular weight excluding hydrogens is 435 g/mol. The first-order chi connectivity index (χ1) is 11.2. The average Bonchev–Trinajstić information content (AvgIpc) is 2.59. The molecule has 3 unspecified atom stereocenters. The van der Waals surface area contributed by atoms with Gasteiger partial charge in [-0.15, -0.1) is 24.0 Å². The van der Waals surface area contributed by atoms with Gasteiger partial charge in [-0.1, -0.05) is 13.3 Å². The summed E-state index contributed by atoms with van der Waals surface area (Å²) in [6.45, 7) is 8.29. The Hall–Kier alpha value is 0.270. The van der Waals surface area contributed by atoms with E-state index in [1.54, 1.807) is 0 Å². The molecule has 0 spiro atoms. The number of nitrogens with one attached hydrogen (secondary N) is 2. The van der Waals surface area contributed by atoms with Crippen LogP contribution in [0.2, 0.25) is 0 Å². The molecule has 0 aromatic carbocycles. The van der Waals surface area contributed by atoms with Crippen molar-refractivity contribution in [2.24, 2.45) is 10.9 Å². The van der Waals surface area contributed by atoms with Crippen molar-refractivity contribution in [2.45, 2.75) is 43.9 Å². The van der Waals surface area contributed by atoms with Gasteiger partial charge in [0.1, 0.15) is 0 Å². The summed E-state index contributed by atoms with van der Waals surface area (Å²) in [5, 5.41) is 7.94. The number of aliphatic imine (C=N–C) groups is 1. The van der Waals surface area contributed by atoms with Crippen molar-refractivity contribution in [3.63, 3.8) is 0 Å². The van der Waals surface area contributed by atoms with Gasteiger partial charge in [0.15, 0.2) is 5.96 Å². The third-order valence-electron chi connectivity index (χ3n) is 4.82. The van der Waals surface area contributed by atoms with E-state index in [1.165, 1.54) is 25.7 Å². The summed E-state index contributed by atoms with van der Waals surface area (Å²) in [5.74, 6) is 1.57.